The molecule has 2 aliphatic heterocycles. The molecule has 168 valence electrons. The van der Waals surface area contributed by atoms with Gasteiger partial charge in [-0.2, -0.15) is 0 Å². The van der Waals surface area contributed by atoms with Crippen molar-refractivity contribution >= 4 is 17.5 Å². The van der Waals surface area contributed by atoms with Crippen molar-refractivity contribution in [3.05, 3.63) is 65.2 Å². The number of amides is 2. The van der Waals surface area contributed by atoms with Crippen molar-refractivity contribution in [2.24, 2.45) is 5.41 Å². The number of nitrogens with zero attached hydrogens (tertiary/aromatic N) is 2. The van der Waals surface area contributed by atoms with E-state index >= 15 is 0 Å². The maximum absolute atomic E-state index is 12.7. The summed E-state index contributed by atoms with van der Waals surface area (Å²) in [5.74, 6) is -0.244. The molecular weight excluding hydrogens is 398 g/mol. The molecule has 5 heteroatoms. The maximum Gasteiger partial charge on any atom is 0.261 e. The van der Waals surface area contributed by atoms with Gasteiger partial charge < -0.3 is 10.2 Å². The summed E-state index contributed by atoms with van der Waals surface area (Å²) in [6.45, 7) is 5.97. The zero-order valence-electron chi connectivity index (χ0n) is 19.0. The fourth-order valence-corrected chi connectivity index (χ4v) is 5.55. The van der Waals surface area contributed by atoms with Gasteiger partial charge >= 0.3 is 0 Å². The SMILES string of the molecule is Cc1ccc(NC2CCN(CC3(CCN4C(=O)c5ccccc5C4=O)CCC3)CC2)cc1. The van der Waals surface area contributed by atoms with Gasteiger partial charge in [-0.3, -0.25) is 14.5 Å². The molecule has 32 heavy (non-hydrogen) atoms. The fourth-order valence-electron chi connectivity index (χ4n) is 5.55. The lowest BCUT2D eigenvalue weighted by atomic mass is 9.66. The summed E-state index contributed by atoms with van der Waals surface area (Å²) in [5.41, 5.74) is 3.88. The van der Waals surface area contributed by atoms with Gasteiger partial charge in [0.2, 0.25) is 0 Å². The van der Waals surface area contributed by atoms with Gasteiger partial charge in [0, 0.05) is 37.9 Å². The number of piperidine rings is 1. The average molecular weight is 432 g/mol. The third-order valence-electron chi connectivity index (χ3n) is 7.73. The van der Waals surface area contributed by atoms with Gasteiger partial charge in [-0.15, -0.1) is 0 Å². The number of fused-ring (bicyclic) bond motifs is 1. The number of rotatable bonds is 7. The third kappa shape index (κ3) is 4.18. The van der Waals surface area contributed by atoms with E-state index in [0.717, 1.165) is 38.9 Å². The van der Waals surface area contributed by atoms with E-state index in [9.17, 15) is 9.59 Å². The van der Waals surface area contributed by atoms with Crippen LogP contribution in [0.2, 0.25) is 0 Å². The molecule has 0 radical (unpaired) electrons. The molecule has 2 fully saturated rings. The molecule has 0 bridgehead atoms. The highest BCUT2D eigenvalue weighted by molar-refractivity contribution is 6.21. The first-order chi connectivity index (χ1) is 15.5. The van der Waals surface area contributed by atoms with Gasteiger partial charge in [0.25, 0.3) is 11.8 Å². The summed E-state index contributed by atoms with van der Waals surface area (Å²) in [4.78, 5) is 29.5. The number of imide groups is 1. The Kier molecular flexibility index (Phi) is 5.76. The highest BCUT2D eigenvalue weighted by Crippen LogP contribution is 2.45. The van der Waals surface area contributed by atoms with E-state index in [2.05, 4.69) is 41.4 Å². The molecule has 2 aromatic rings. The molecule has 2 amide bonds. The van der Waals surface area contributed by atoms with Crippen LogP contribution < -0.4 is 5.32 Å². The predicted molar refractivity (Wildman–Crippen MR) is 127 cm³/mol. The molecular formula is C27H33N3O2. The Morgan fingerprint density at radius 1 is 0.938 bits per heavy atom. The van der Waals surface area contributed by atoms with Gasteiger partial charge in [0.15, 0.2) is 0 Å². The Balaban J connectivity index is 1.13. The molecule has 1 saturated heterocycles. The number of nitrogens with one attached hydrogen (secondary N) is 1. The number of carbonyl (C=O) groups excluding carboxylic acids is 2. The summed E-state index contributed by atoms with van der Waals surface area (Å²) in [6, 6.07) is 16.4. The smallest absolute Gasteiger partial charge is 0.261 e. The Bertz CT molecular complexity index is 953. The molecule has 3 aliphatic rings. The molecule has 2 heterocycles. The van der Waals surface area contributed by atoms with Gasteiger partial charge in [-0.1, -0.05) is 36.2 Å². The largest absolute Gasteiger partial charge is 0.382 e. The highest BCUT2D eigenvalue weighted by Gasteiger charge is 2.42. The minimum atomic E-state index is -0.122. The van der Waals surface area contributed by atoms with Crippen LogP contribution in [0, 0.1) is 12.3 Å². The van der Waals surface area contributed by atoms with E-state index < -0.39 is 0 Å². The number of likely N-dealkylation sites (tertiary alicyclic amines) is 1. The van der Waals surface area contributed by atoms with Crippen molar-refractivity contribution in [1.29, 1.82) is 0 Å². The van der Waals surface area contributed by atoms with Crippen molar-refractivity contribution in [2.45, 2.75) is 51.5 Å². The number of aryl methyl sites for hydroxylation is 1. The normalized spacial score (nSPS) is 20.8. The zero-order chi connectivity index (χ0) is 22.1. The first-order valence-electron chi connectivity index (χ1n) is 12.0. The van der Waals surface area contributed by atoms with Crippen molar-refractivity contribution < 1.29 is 9.59 Å². The fraction of sp³-hybridized carbons (Fsp3) is 0.481. The van der Waals surface area contributed by atoms with E-state index in [1.54, 1.807) is 12.1 Å². The zero-order valence-corrected chi connectivity index (χ0v) is 19.0. The molecule has 1 aliphatic carbocycles. The number of hydrogen-bond acceptors (Lipinski definition) is 4. The minimum Gasteiger partial charge on any atom is -0.382 e. The molecule has 0 spiro atoms. The predicted octanol–water partition coefficient (Wildman–Crippen LogP) is 4.73. The Hall–Kier alpha value is -2.66. The van der Waals surface area contributed by atoms with Crippen molar-refractivity contribution in [2.75, 3.05) is 31.5 Å². The molecule has 5 rings (SSSR count). The molecule has 1 N–H and O–H groups in total. The van der Waals surface area contributed by atoms with Gasteiger partial charge in [0.05, 0.1) is 11.1 Å². The van der Waals surface area contributed by atoms with E-state index in [4.69, 9.17) is 0 Å². The molecule has 0 aromatic heterocycles. The number of hydrogen-bond donors (Lipinski definition) is 1. The lowest BCUT2D eigenvalue weighted by Gasteiger charge is -2.47. The lowest BCUT2D eigenvalue weighted by molar-refractivity contribution is 0.0345. The Labute approximate surface area is 190 Å². The second kappa shape index (κ2) is 8.70. The van der Waals surface area contributed by atoms with E-state index in [-0.39, 0.29) is 17.2 Å². The summed E-state index contributed by atoms with van der Waals surface area (Å²) >= 11 is 0. The Morgan fingerprint density at radius 2 is 1.56 bits per heavy atom. The lowest BCUT2D eigenvalue weighted by Crippen LogP contribution is -2.48. The number of carbonyl (C=O) groups is 2. The average Bonchev–Trinajstić information content (AvgIpc) is 3.03. The highest BCUT2D eigenvalue weighted by atomic mass is 16.2. The van der Waals surface area contributed by atoms with Gasteiger partial charge in [-0.25, -0.2) is 0 Å². The maximum atomic E-state index is 12.7. The van der Waals surface area contributed by atoms with E-state index in [1.165, 1.54) is 35.4 Å². The second-order valence-electron chi connectivity index (χ2n) is 9.97. The second-order valence-corrected chi connectivity index (χ2v) is 9.97. The van der Waals surface area contributed by atoms with Crippen molar-refractivity contribution in [1.82, 2.24) is 9.80 Å². The Morgan fingerprint density at radius 3 is 2.12 bits per heavy atom. The molecule has 0 atom stereocenters. The van der Waals surface area contributed by atoms with Crippen LogP contribution in [0.3, 0.4) is 0 Å². The summed E-state index contributed by atoms with van der Waals surface area (Å²) < 4.78 is 0. The van der Waals surface area contributed by atoms with Gasteiger partial charge in [0.1, 0.15) is 0 Å². The number of anilines is 1. The van der Waals surface area contributed by atoms with Crippen LogP contribution in [0.4, 0.5) is 5.69 Å². The molecule has 5 nitrogen and oxygen atoms in total. The van der Waals surface area contributed by atoms with Crippen LogP contribution in [0.25, 0.3) is 0 Å². The summed E-state index contributed by atoms with van der Waals surface area (Å²) in [5, 5.41) is 3.69. The molecule has 2 aromatic carbocycles. The topological polar surface area (TPSA) is 52.6 Å². The van der Waals surface area contributed by atoms with E-state index in [1.807, 2.05) is 12.1 Å². The van der Waals surface area contributed by atoms with Crippen LogP contribution in [0.5, 0.6) is 0 Å². The van der Waals surface area contributed by atoms with Crippen molar-refractivity contribution in [3.8, 4) is 0 Å². The first kappa shape index (κ1) is 21.2. The van der Waals surface area contributed by atoms with Gasteiger partial charge in [-0.05, 0) is 68.7 Å². The van der Waals surface area contributed by atoms with Crippen LogP contribution >= 0.6 is 0 Å². The standard InChI is InChI=1S/C27H33N3O2/c1-20-7-9-21(10-8-20)28-22-11-16-29(17-12-22)19-27(13-4-14-27)15-18-30-25(31)23-5-2-3-6-24(23)26(30)32/h2-3,5-10,22,28H,4,11-19H2,1H3. The van der Waals surface area contributed by atoms with E-state index in [0.29, 0.717) is 23.7 Å². The number of benzene rings is 2. The molecule has 1 saturated carbocycles. The summed E-state index contributed by atoms with van der Waals surface area (Å²) in [7, 11) is 0. The monoisotopic (exact) mass is 431 g/mol. The van der Waals surface area contributed by atoms with Crippen LogP contribution in [-0.4, -0.2) is 53.8 Å². The molecule has 0 unspecified atom stereocenters. The quantitative estimate of drug-likeness (QED) is 0.644. The minimum absolute atomic E-state index is 0.122. The van der Waals surface area contributed by atoms with Crippen LogP contribution in [-0.2, 0) is 0 Å². The van der Waals surface area contributed by atoms with Crippen LogP contribution in [0.1, 0.15) is 64.8 Å². The first-order valence-corrected chi connectivity index (χ1v) is 12.0. The third-order valence-corrected chi connectivity index (χ3v) is 7.73. The van der Waals surface area contributed by atoms with Crippen LogP contribution in [0.15, 0.2) is 48.5 Å². The summed E-state index contributed by atoms with van der Waals surface area (Å²) in [6.07, 6.45) is 6.90. The van der Waals surface area contributed by atoms with Crippen molar-refractivity contribution in [3.63, 3.8) is 0 Å².